The lowest BCUT2D eigenvalue weighted by molar-refractivity contribution is 0.463. The highest BCUT2D eigenvalue weighted by atomic mass is 14.2. The first-order valence-electron chi connectivity index (χ1n) is 5.30. The Morgan fingerprint density at radius 2 is 1.69 bits per heavy atom. The van der Waals surface area contributed by atoms with Gasteiger partial charge in [0.1, 0.15) is 0 Å². The van der Waals surface area contributed by atoms with Gasteiger partial charge >= 0.3 is 0 Å². The van der Waals surface area contributed by atoms with Gasteiger partial charge in [-0.15, -0.1) is 0 Å². The van der Waals surface area contributed by atoms with E-state index in [1.807, 2.05) is 0 Å². The molecule has 1 aromatic rings. The highest BCUT2D eigenvalue weighted by molar-refractivity contribution is 5.19. The van der Waals surface area contributed by atoms with Gasteiger partial charge in [-0.1, -0.05) is 57.5 Å². The molecule has 1 rings (SSSR count). The van der Waals surface area contributed by atoms with Gasteiger partial charge in [0.2, 0.25) is 0 Å². The lowest BCUT2D eigenvalue weighted by Crippen LogP contribution is -2.05. The first kappa shape index (κ1) is 10.3. The molecule has 72 valence electrons. The van der Waals surface area contributed by atoms with Gasteiger partial charge < -0.3 is 0 Å². The lowest BCUT2D eigenvalue weighted by Gasteiger charge is -2.20. The van der Waals surface area contributed by atoms with Crippen molar-refractivity contribution in [2.75, 3.05) is 0 Å². The van der Waals surface area contributed by atoms with E-state index in [9.17, 15) is 0 Å². The first-order chi connectivity index (χ1) is 6.25. The minimum Gasteiger partial charge on any atom is -0.0654 e. The van der Waals surface area contributed by atoms with Gasteiger partial charge in [-0.3, -0.25) is 0 Å². The maximum Gasteiger partial charge on any atom is -0.0139 e. The fourth-order valence-corrected chi connectivity index (χ4v) is 1.90. The van der Waals surface area contributed by atoms with Crippen LogP contribution in [0, 0.1) is 5.92 Å². The minimum absolute atomic E-state index is 0.742. The molecule has 0 radical (unpaired) electrons. The summed E-state index contributed by atoms with van der Waals surface area (Å²) in [5, 5.41) is 0. The molecule has 0 bridgehead atoms. The van der Waals surface area contributed by atoms with Gasteiger partial charge in [0.05, 0.1) is 0 Å². The highest BCUT2D eigenvalue weighted by Crippen LogP contribution is 2.28. The number of benzene rings is 1. The van der Waals surface area contributed by atoms with E-state index < -0.39 is 0 Å². The Bertz CT molecular complexity index is 223. The maximum atomic E-state index is 2.31. The van der Waals surface area contributed by atoms with E-state index in [2.05, 4.69) is 51.1 Å². The Morgan fingerprint density at radius 3 is 2.15 bits per heavy atom. The number of hydrogen-bond acceptors (Lipinski definition) is 0. The van der Waals surface area contributed by atoms with Crippen molar-refractivity contribution in [2.45, 2.75) is 39.5 Å². The zero-order valence-corrected chi connectivity index (χ0v) is 8.96. The Labute approximate surface area is 82.0 Å². The molecule has 0 heteroatoms. The van der Waals surface area contributed by atoms with E-state index in [1.54, 1.807) is 0 Å². The summed E-state index contributed by atoms with van der Waals surface area (Å²) in [6.07, 6.45) is 2.58. The number of rotatable bonds is 4. The molecule has 0 nitrogen and oxygen atoms in total. The van der Waals surface area contributed by atoms with Gasteiger partial charge in [-0.2, -0.15) is 0 Å². The predicted octanol–water partition coefficient (Wildman–Crippen LogP) is 4.23. The van der Waals surface area contributed by atoms with Crippen LogP contribution in [0.2, 0.25) is 0 Å². The molecule has 1 aromatic carbocycles. The third-order valence-electron chi connectivity index (χ3n) is 2.63. The van der Waals surface area contributed by atoms with Crippen molar-refractivity contribution in [3.05, 3.63) is 35.9 Å². The molecule has 0 amide bonds. The van der Waals surface area contributed by atoms with Gasteiger partial charge in [0, 0.05) is 0 Å². The fraction of sp³-hybridized carbons (Fsp3) is 0.538. The van der Waals surface area contributed by atoms with Crippen molar-refractivity contribution in [3.8, 4) is 0 Å². The molecule has 0 aromatic heterocycles. The van der Waals surface area contributed by atoms with Crippen LogP contribution in [0.25, 0.3) is 0 Å². The summed E-state index contributed by atoms with van der Waals surface area (Å²) in [5.41, 5.74) is 1.50. The summed E-state index contributed by atoms with van der Waals surface area (Å²) >= 11 is 0. The minimum atomic E-state index is 0.742. The van der Waals surface area contributed by atoms with E-state index in [-0.39, 0.29) is 0 Å². The zero-order chi connectivity index (χ0) is 9.68. The SMILES string of the molecule is CCC[C@H](c1ccccc1)C(C)C. The molecule has 0 heterocycles. The smallest absolute Gasteiger partial charge is 0.0139 e. The van der Waals surface area contributed by atoms with Crippen LogP contribution in [-0.2, 0) is 0 Å². The number of hydrogen-bond donors (Lipinski definition) is 0. The van der Waals surface area contributed by atoms with Gasteiger partial charge in [-0.25, -0.2) is 0 Å². The summed E-state index contributed by atoms with van der Waals surface area (Å²) < 4.78 is 0. The molecule has 0 unspecified atom stereocenters. The Morgan fingerprint density at radius 1 is 1.08 bits per heavy atom. The first-order valence-corrected chi connectivity index (χ1v) is 5.30. The predicted molar refractivity (Wildman–Crippen MR) is 58.9 cm³/mol. The average molecular weight is 176 g/mol. The average Bonchev–Trinajstić information content (AvgIpc) is 2.15. The second-order valence-electron chi connectivity index (χ2n) is 4.05. The van der Waals surface area contributed by atoms with Crippen LogP contribution in [0.3, 0.4) is 0 Å². The molecule has 0 N–H and O–H groups in total. The van der Waals surface area contributed by atoms with Crippen LogP contribution >= 0.6 is 0 Å². The van der Waals surface area contributed by atoms with Crippen molar-refractivity contribution >= 4 is 0 Å². The monoisotopic (exact) mass is 176 g/mol. The Hall–Kier alpha value is -0.780. The normalized spacial score (nSPS) is 13.2. The molecule has 0 aliphatic heterocycles. The summed E-state index contributed by atoms with van der Waals surface area (Å²) in [6, 6.07) is 10.9. The molecule has 1 atom stereocenters. The third kappa shape index (κ3) is 2.87. The van der Waals surface area contributed by atoms with Crippen LogP contribution in [0.5, 0.6) is 0 Å². The molecule has 0 aliphatic rings. The molecule has 0 saturated heterocycles. The molecule has 0 saturated carbocycles. The van der Waals surface area contributed by atoms with Crippen molar-refractivity contribution < 1.29 is 0 Å². The Kier molecular flexibility index (Phi) is 4.01. The molecule has 0 aliphatic carbocycles. The second kappa shape index (κ2) is 5.06. The van der Waals surface area contributed by atoms with Crippen molar-refractivity contribution in [2.24, 2.45) is 5.92 Å². The van der Waals surface area contributed by atoms with E-state index in [1.165, 1.54) is 18.4 Å². The highest BCUT2D eigenvalue weighted by Gasteiger charge is 2.13. The molecule has 0 spiro atoms. The van der Waals surface area contributed by atoms with Crippen LogP contribution in [0.15, 0.2) is 30.3 Å². The summed E-state index contributed by atoms with van der Waals surface area (Å²) in [6.45, 7) is 6.89. The molecule has 13 heavy (non-hydrogen) atoms. The summed E-state index contributed by atoms with van der Waals surface area (Å²) in [4.78, 5) is 0. The van der Waals surface area contributed by atoms with E-state index >= 15 is 0 Å². The van der Waals surface area contributed by atoms with E-state index in [0.29, 0.717) is 0 Å². The molecular weight excluding hydrogens is 156 g/mol. The third-order valence-corrected chi connectivity index (χ3v) is 2.63. The van der Waals surface area contributed by atoms with Crippen LogP contribution in [0.1, 0.15) is 45.1 Å². The van der Waals surface area contributed by atoms with Gasteiger partial charge in [0.15, 0.2) is 0 Å². The van der Waals surface area contributed by atoms with Gasteiger partial charge in [-0.05, 0) is 23.8 Å². The quantitative estimate of drug-likeness (QED) is 0.644. The van der Waals surface area contributed by atoms with Crippen molar-refractivity contribution in [1.29, 1.82) is 0 Å². The topological polar surface area (TPSA) is 0 Å². The largest absolute Gasteiger partial charge is 0.0654 e. The second-order valence-corrected chi connectivity index (χ2v) is 4.05. The van der Waals surface area contributed by atoms with Crippen LogP contribution in [0.4, 0.5) is 0 Å². The fourth-order valence-electron chi connectivity index (χ4n) is 1.90. The van der Waals surface area contributed by atoms with Gasteiger partial charge in [0.25, 0.3) is 0 Å². The van der Waals surface area contributed by atoms with Crippen LogP contribution < -0.4 is 0 Å². The Balaban J connectivity index is 2.76. The summed E-state index contributed by atoms with van der Waals surface area (Å²) in [5.74, 6) is 1.49. The van der Waals surface area contributed by atoms with E-state index in [4.69, 9.17) is 0 Å². The molecule has 0 fully saturated rings. The molecular formula is C13H20. The summed E-state index contributed by atoms with van der Waals surface area (Å²) in [7, 11) is 0. The zero-order valence-electron chi connectivity index (χ0n) is 8.96. The van der Waals surface area contributed by atoms with E-state index in [0.717, 1.165) is 11.8 Å². The lowest BCUT2D eigenvalue weighted by atomic mass is 9.85. The maximum absolute atomic E-state index is 2.31. The standard InChI is InChI=1S/C13H20/c1-4-8-13(11(2)3)12-9-6-5-7-10-12/h5-7,9-11,13H,4,8H2,1-3H3/t13-/m0/s1. The van der Waals surface area contributed by atoms with Crippen LogP contribution in [-0.4, -0.2) is 0 Å². The van der Waals surface area contributed by atoms with Crippen molar-refractivity contribution in [1.82, 2.24) is 0 Å². The van der Waals surface area contributed by atoms with Crippen molar-refractivity contribution in [3.63, 3.8) is 0 Å².